The first-order valence-electron chi connectivity index (χ1n) is 15.9. The number of carbonyl (C=O) groups excluding carboxylic acids is 4. The van der Waals surface area contributed by atoms with Gasteiger partial charge in [0.05, 0.1) is 42.2 Å². The molecule has 0 unspecified atom stereocenters. The summed E-state index contributed by atoms with van der Waals surface area (Å²) in [6.07, 6.45) is 4.23. The summed E-state index contributed by atoms with van der Waals surface area (Å²) in [5.74, 6) is -5.03. The van der Waals surface area contributed by atoms with Gasteiger partial charge in [-0.1, -0.05) is 65.7 Å². The number of aromatic hydroxyl groups is 1. The summed E-state index contributed by atoms with van der Waals surface area (Å²) in [7, 11) is 1.46. The third-order valence-corrected chi connectivity index (χ3v) is 10.9. The fraction of sp³-hybridized carbons (Fsp3) is 0.351. The number of hydrogen-bond acceptors (Lipinski definition) is 6. The molecule has 2 saturated heterocycles. The fourth-order valence-corrected chi connectivity index (χ4v) is 8.65. The third-order valence-electron chi connectivity index (χ3n) is 10.5. The van der Waals surface area contributed by atoms with E-state index in [2.05, 4.69) is 15.9 Å². The molecular formula is C37H35BrN2O6. The number of imide groups is 2. The normalized spacial score (nSPS) is 27.0. The van der Waals surface area contributed by atoms with E-state index < -0.39 is 35.5 Å². The Morgan fingerprint density at radius 1 is 0.761 bits per heavy atom. The van der Waals surface area contributed by atoms with Crippen molar-refractivity contribution in [3.05, 3.63) is 93.5 Å². The van der Waals surface area contributed by atoms with E-state index in [1.807, 2.05) is 56.3 Å². The molecule has 8 nitrogen and oxygen atoms in total. The average molecular weight is 684 g/mol. The minimum absolute atomic E-state index is 0.115. The molecule has 0 radical (unpaired) electrons. The van der Waals surface area contributed by atoms with Gasteiger partial charge in [-0.2, -0.15) is 0 Å². The number of hydrogen-bond donors (Lipinski definition) is 1. The van der Waals surface area contributed by atoms with Crippen LogP contribution in [0.15, 0.2) is 76.8 Å². The van der Waals surface area contributed by atoms with E-state index in [-0.39, 0.29) is 41.5 Å². The number of phenols is 1. The smallest absolute Gasteiger partial charge is 0.238 e. The van der Waals surface area contributed by atoms with Gasteiger partial charge in [0.25, 0.3) is 0 Å². The fourth-order valence-electron chi connectivity index (χ4n) is 8.19. The van der Waals surface area contributed by atoms with Crippen LogP contribution < -0.4 is 14.5 Å². The van der Waals surface area contributed by atoms with E-state index >= 15 is 0 Å². The number of anilines is 2. The van der Waals surface area contributed by atoms with Crippen LogP contribution in [0, 0.1) is 29.6 Å². The molecule has 2 aliphatic carbocycles. The van der Waals surface area contributed by atoms with E-state index in [0.29, 0.717) is 27.8 Å². The number of aryl methyl sites for hydroxylation is 2. The number of allylic oxidation sites excluding steroid dienone is 2. The summed E-state index contributed by atoms with van der Waals surface area (Å²) < 4.78 is 6.12. The van der Waals surface area contributed by atoms with Gasteiger partial charge in [0, 0.05) is 16.0 Å². The predicted octanol–water partition coefficient (Wildman–Crippen LogP) is 6.33. The molecule has 3 aromatic rings. The summed E-state index contributed by atoms with van der Waals surface area (Å²) in [6.45, 7) is 4.09. The van der Waals surface area contributed by atoms with E-state index in [0.717, 1.165) is 29.5 Å². The first-order valence-corrected chi connectivity index (χ1v) is 16.7. The molecule has 4 aliphatic rings. The quantitative estimate of drug-likeness (QED) is 0.241. The third kappa shape index (κ3) is 4.54. The molecule has 236 valence electrons. The Balaban J connectivity index is 1.34. The van der Waals surface area contributed by atoms with Crippen molar-refractivity contribution >= 4 is 50.9 Å². The molecule has 2 heterocycles. The summed E-state index contributed by atoms with van der Waals surface area (Å²) >= 11 is 3.53. The summed E-state index contributed by atoms with van der Waals surface area (Å²) in [5, 5.41) is 11.5. The van der Waals surface area contributed by atoms with Crippen LogP contribution in [-0.4, -0.2) is 35.8 Å². The molecule has 1 N–H and O–H groups in total. The van der Waals surface area contributed by atoms with Crippen molar-refractivity contribution < 1.29 is 29.0 Å². The van der Waals surface area contributed by atoms with Crippen LogP contribution in [-0.2, 0) is 32.0 Å². The molecule has 9 heteroatoms. The molecule has 4 amide bonds. The second kappa shape index (κ2) is 11.5. The van der Waals surface area contributed by atoms with E-state index in [9.17, 15) is 24.3 Å². The van der Waals surface area contributed by atoms with Crippen molar-refractivity contribution in [1.82, 2.24) is 0 Å². The van der Waals surface area contributed by atoms with E-state index in [1.54, 1.807) is 24.3 Å². The molecule has 0 spiro atoms. The maximum Gasteiger partial charge on any atom is 0.238 e. The minimum Gasteiger partial charge on any atom is -0.504 e. The number of ether oxygens (including phenoxy) is 1. The molecule has 7 rings (SSSR count). The SMILES string of the molecule is CCc1ccc(N2C(=O)[C@H]3[C@H](CC=C4[C@H]3C[C@H]3C(=O)N(c5ccc(CC)cc5)C(=O)[C@H]3[C@H]4c3cc(Br)cc(OC)c3O)C2=O)cc1. The van der Waals surface area contributed by atoms with Crippen molar-refractivity contribution in [2.45, 2.75) is 45.4 Å². The van der Waals surface area contributed by atoms with Gasteiger partial charge < -0.3 is 9.84 Å². The summed E-state index contributed by atoms with van der Waals surface area (Å²) in [5.41, 5.74) is 4.49. The Hall–Kier alpha value is -4.24. The highest BCUT2D eigenvalue weighted by Crippen LogP contribution is 2.60. The molecule has 46 heavy (non-hydrogen) atoms. The number of benzene rings is 3. The summed E-state index contributed by atoms with van der Waals surface area (Å²) in [6, 6.07) is 18.3. The lowest BCUT2D eigenvalue weighted by Crippen LogP contribution is -2.43. The largest absolute Gasteiger partial charge is 0.504 e. The average Bonchev–Trinajstić information content (AvgIpc) is 3.48. The molecular weight excluding hydrogens is 648 g/mol. The molecule has 1 saturated carbocycles. The molecule has 2 aliphatic heterocycles. The second-order valence-electron chi connectivity index (χ2n) is 12.6. The van der Waals surface area contributed by atoms with Crippen molar-refractivity contribution in [2.75, 3.05) is 16.9 Å². The molecule has 3 fully saturated rings. The predicted molar refractivity (Wildman–Crippen MR) is 176 cm³/mol. The maximum absolute atomic E-state index is 14.4. The molecule has 0 bridgehead atoms. The number of amides is 4. The lowest BCUT2D eigenvalue weighted by atomic mass is 9.57. The van der Waals surface area contributed by atoms with Crippen LogP contribution in [0.3, 0.4) is 0 Å². The topological polar surface area (TPSA) is 104 Å². The lowest BCUT2D eigenvalue weighted by molar-refractivity contribution is -0.126. The summed E-state index contributed by atoms with van der Waals surface area (Å²) in [4.78, 5) is 59.3. The van der Waals surface area contributed by atoms with Crippen molar-refractivity contribution in [3.63, 3.8) is 0 Å². The highest BCUT2D eigenvalue weighted by Gasteiger charge is 2.62. The molecule has 0 aromatic heterocycles. The zero-order chi connectivity index (χ0) is 32.4. The van der Waals surface area contributed by atoms with Crippen LogP contribution in [0.1, 0.15) is 49.3 Å². The van der Waals surface area contributed by atoms with Gasteiger partial charge in [-0.05, 0) is 79.1 Å². The molecule has 3 aromatic carbocycles. The second-order valence-corrected chi connectivity index (χ2v) is 13.5. The standard InChI is InChI=1S/C37H35BrN2O6/c1-4-19-6-10-22(11-7-19)39-34(42)25-15-14-24-26(31(25)36(39)44)18-28-32(30(24)27-16-21(38)17-29(46-3)33(27)41)37(45)40(35(28)43)23-12-8-20(5-2)9-13-23/h6-14,16-17,25-26,28,30-32,41H,4-5,15,18H2,1-3H3/t25-,26+,28+,30+,31-,32+/m0/s1. The van der Waals surface area contributed by atoms with Gasteiger partial charge in [0.1, 0.15) is 0 Å². The number of carbonyl (C=O) groups is 4. The van der Waals surface area contributed by atoms with Crippen molar-refractivity contribution in [2.24, 2.45) is 29.6 Å². The Labute approximate surface area is 276 Å². The van der Waals surface area contributed by atoms with Crippen LogP contribution in [0.4, 0.5) is 11.4 Å². The highest BCUT2D eigenvalue weighted by molar-refractivity contribution is 9.10. The Kier molecular flexibility index (Phi) is 7.62. The zero-order valence-corrected chi connectivity index (χ0v) is 27.5. The van der Waals surface area contributed by atoms with Crippen molar-refractivity contribution in [1.29, 1.82) is 0 Å². The van der Waals surface area contributed by atoms with Crippen LogP contribution in [0.25, 0.3) is 0 Å². The molecule has 6 atom stereocenters. The van der Waals surface area contributed by atoms with E-state index in [4.69, 9.17) is 4.74 Å². The minimum atomic E-state index is -0.799. The van der Waals surface area contributed by atoms with Gasteiger partial charge >= 0.3 is 0 Å². The van der Waals surface area contributed by atoms with Crippen LogP contribution >= 0.6 is 15.9 Å². The van der Waals surface area contributed by atoms with Gasteiger partial charge in [-0.25, -0.2) is 0 Å². The number of phenolic OH excluding ortho intramolecular Hbond substituents is 1. The first-order chi connectivity index (χ1) is 22.2. The Bertz CT molecular complexity index is 1800. The number of halogens is 1. The number of rotatable bonds is 6. The number of nitrogens with zero attached hydrogens (tertiary/aromatic N) is 2. The van der Waals surface area contributed by atoms with Gasteiger partial charge in [0.2, 0.25) is 23.6 Å². The number of fused-ring (bicyclic) bond motifs is 4. The van der Waals surface area contributed by atoms with Crippen LogP contribution in [0.5, 0.6) is 11.5 Å². The van der Waals surface area contributed by atoms with Crippen molar-refractivity contribution in [3.8, 4) is 11.5 Å². The highest BCUT2D eigenvalue weighted by atomic mass is 79.9. The van der Waals surface area contributed by atoms with E-state index in [1.165, 1.54) is 16.9 Å². The maximum atomic E-state index is 14.4. The Morgan fingerprint density at radius 3 is 1.85 bits per heavy atom. The monoisotopic (exact) mass is 682 g/mol. The van der Waals surface area contributed by atoms with Gasteiger partial charge in [0.15, 0.2) is 11.5 Å². The van der Waals surface area contributed by atoms with Crippen LogP contribution in [0.2, 0.25) is 0 Å². The van der Waals surface area contributed by atoms with Gasteiger partial charge in [-0.3, -0.25) is 29.0 Å². The number of methoxy groups -OCH3 is 1. The van der Waals surface area contributed by atoms with Gasteiger partial charge in [-0.15, -0.1) is 0 Å². The lowest BCUT2D eigenvalue weighted by Gasteiger charge is -2.44. The first kappa shape index (κ1) is 30.4. The Morgan fingerprint density at radius 2 is 1.30 bits per heavy atom. The zero-order valence-electron chi connectivity index (χ0n) is 25.9.